The molecule has 0 aliphatic heterocycles. The molecule has 1 aromatic rings. The quantitative estimate of drug-likeness (QED) is 0.758. The van der Waals surface area contributed by atoms with Crippen LogP contribution >= 0.6 is 23.2 Å². The molecule has 1 rings (SSSR count). The third-order valence-electron chi connectivity index (χ3n) is 2.64. The summed E-state index contributed by atoms with van der Waals surface area (Å²) in [6, 6.07) is 4.23. The summed E-state index contributed by atoms with van der Waals surface area (Å²) in [5.74, 6) is 0. The van der Waals surface area contributed by atoms with Crippen LogP contribution in [0.1, 0.15) is 38.7 Å². The lowest BCUT2D eigenvalue weighted by Crippen LogP contribution is -2.15. The lowest BCUT2D eigenvalue weighted by molar-refractivity contribution is 0.645. The molecule has 0 fully saturated rings. The van der Waals surface area contributed by atoms with Gasteiger partial charge in [0, 0.05) is 11.1 Å². The van der Waals surface area contributed by atoms with Gasteiger partial charge in [-0.05, 0) is 38.0 Å². The Bertz CT molecular complexity index is 350. The highest BCUT2D eigenvalue weighted by molar-refractivity contribution is 6.35. The van der Waals surface area contributed by atoms with Crippen LogP contribution in [0.4, 0.5) is 5.69 Å². The van der Waals surface area contributed by atoms with Crippen molar-refractivity contribution < 1.29 is 0 Å². The summed E-state index contributed by atoms with van der Waals surface area (Å²) in [7, 11) is 0. The van der Waals surface area contributed by atoms with E-state index in [2.05, 4.69) is 19.2 Å². The zero-order chi connectivity index (χ0) is 12.1. The van der Waals surface area contributed by atoms with Gasteiger partial charge in [-0.3, -0.25) is 0 Å². The second-order valence-corrected chi connectivity index (χ2v) is 5.08. The third-order valence-corrected chi connectivity index (χ3v) is 3.36. The minimum atomic E-state index is 0.427. The van der Waals surface area contributed by atoms with Gasteiger partial charge in [-0.25, -0.2) is 0 Å². The number of rotatable bonds is 5. The highest BCUT2D eigenvalue weighted by atomic mass is 35.5. The summed E-state index contributed by atoms with van der Waals surface area (Å²) in [5.41, 5.74) is 1.94. The molecule has 1 atom stereocenters. The molecule has 0 bridgehead atoms. The Hall–Kier alpha value is -0.400. The van der Waals surface area contributed by atoms with E-state index in [0.717, 1.165) is 27.7 Å². The van der Waals surface area contributed by atoms with Gasteiger partial charge in [0.2, 0.25) is 0 Å². The summed E-state index contributed by atoms with van der Waals surface area (Å²) >= 11 is 12.2. The summed E-state index contributed by atoms with van der Waals surface area (Å²) < 4.78 is 0. The van der Waals surface area contributed by atoms with Crippen molar-refractivity contribution in [2.24, 2.45) is 0 Å². The van der Waals surface area contributed by atoms with E-state index >= 15 is 0 Å². The van der Waals surface area contributed by atoms with Gasteiger partial charge in [0.15, 0.2) is 0 Å². The monoisotopic (exact) mass is 259 g/mol. The molecule has 0 aliphatic carbocycles. The van der Waals surface area contributed by atoms with Gasteiger partial charge < -0.3 is 5.32 Å². The topological polar surface area (TPSA) is 12.0 Å². The summed E-state index contributed by atoms with van der Waals surface area (Å²) in [5, 5.41) is 4.90. The Kier molecular flexibility index (Phi) is 5.43. The van der Waals surface area contributed by atoms with Crippen molar-refractivity contribution in [2.75, 3.05) is 5.32 Å². The Balaban J connectivity index is 2.69. The second-order valence-electron chi connectivity index (χ2n) is 4.27. The number of unbranched alkanes of at least 4 members (excludes halogenated alkanes) is 1. The Morgan fingerprint density at radius 3 is 2.56 bits per heavy atom. The van der Waals surface area contributed by atoms with E-state index in [9.17, 15) is 0 Å². The van der Waals surface area contributed by atoms with E-state index in [4.69, 9.17) is 23.2 Å². The number of hydrogen-bond donors (Lipinski definition) is 1. The normalized spacial score (nSPS) is 12.6. The maximum atomic E-state index is 6.16. The van der Waals surface area contributed by atoms with E-state index in [1.165, 1.54) is 12.8 Å². The standard InChI is InChI=1S/C13H19Cl2N/c1-4-5-6-10(3)16-13-8-11(14)9(2)7-12(13)15/h7-8,10,16H,4-6H2,1-3H3. The summed E-state index contributed by atoms with van der Waals surface area (Å²) in [6.45, 7) is 6.32. The van der Waals surface area contributed by atoms with Crippen LogP contribution < -0.4 is 5.32 Å². The molecule has 1 N–H and O–H groups in total. The molecule has 1 nitrogen and oxygen atoms in total. The number of anilines is 1. The molecular formula is C13H19Cl2N. The molecule has 0 amide bonds. The first-order valence-corrected chi connectivity index (χ1v) is 6.52. The predicted molar refractivity (Wildman–Crippen MR) is 73.8 cm³/mol. The lowest BCUT2D eigenvalue weighted by atomic mass is 10.1. The molecule has 0 aliphatic rings. The van der Waals surface area contributed by atoms with E-state index in [1.807, 2.05) is 19.1 Å². The Morgan fingerprint density at radius 2 is 1.94 bits per heavy atom. The first kappa shape index (κ1) is 13.7. The molecule has 0 radical (unpaired) electrons. The SMILES string of the molecule is CCCCC(C)Nc1cc(Cl)c(C)cc1Cl. The number of halogens is 2. The zero-order valence-corrected chi connectivity index (χ0v) is 11.6. The molecule has 0 saturated carbocycles. The van der Waals surface area contributed by atoms with Crippen LogP contribution in [0.15, 0.2) is 12.1 Å². The van der Waals surface area contributed by atoms with Gasteiger partial charge in [-0.2, -0.15) is 0 Å². The smallest absolute Gasteiger partial charge is 0.0641 e. The van der Waals surface area contributed by atoms with Gasteiger partial charge >= 0.3 is 0 Å². The van der Waals surface area contributed by atoms with Crippen molar-refractivity contribution in [3.05, 3.63) is 27.7 Å². The van der Waals surface area contributed by atoms with Crippen molar-refractivity contribution in [1.29, 1.82) is 0 Å². The number of nitrogens with one attached hydrogen (secondary N) is 1. The van der Waals surface area contributed by atoms with Crippen molar-refractivity contribution in [3.63, 3.8) is 0 Å². The van der Waals surface area contributed by atoms with Gasteiger partial charge in [0.25, 0.3) is 0 Å². The largest absolute Gasteiger partial charge is 0.381 e. The maximum absolute atomic E-state index is 6.16. The van der Waals surface area contributed by atoms with E-state index in [-0.39, 0.29) is 0 Å². The number of hydrogen-bond acceptors (Lipinski definition) is 1. The number of benzene rings is 1. The van der Waals surface area contributed by atoms with Gasteiger partial charge in [0.1, 0.15) is 0 Å². The van der Waals surface area contributed by atoms with Crippen LogP contribution in [0, 0.1) is 6.92 Å². The molecule has 16 heavy (non-hydrogen) atoms. The Labute approximate surface area is 108 Å². The van der Waals surface area contributed by atoms with Gasteiger partial charge in [0.05, 0.1) is 10.7 Å². The summed E-state index contributed by atoms with van der Waals surface area (Å²) in [6.07, 6.45) is 3.60. The molecule has 0 spiro atoms. The highest BCUT2D eigenvalue weighted by Gasteiger charge is 2.07. The lowest BCUT2D eigenvalue weighted by Gasteiger charge is -2.16. The molecule has 1 aromatic carbocycles. The number of aryl methyl sites for hydroxylation is 1. The minimum absolute atomic E-state index is 0.427. The van der Waals surface area contributed by atoms with Gasteiger partial charge in [-0.15, -0.1) is 0 Å². The highest BCUT2D eigenvalue weighted by Crippen LogP contribution is 2.29. The fourth-order valence-corrected chi connectivity index (χ4v) is 2.04. The fourth-order valence-electron chi connectivity index (χ4n) is 1.60. The third kappa shape index (κ3) is 3.88. The van der Waals surface area contributed by atoms with E-state index < -0.39 is 0 Å². The van der Waals surface area contributed by atoms with Crippen LogP contribution in [0.5, 0.6) is 0 Å². The second kappa shape index (κ2) is 6.36. The van der Waals surface area contributed by atoms with Crippen molar-refractivity contribution in [1.82, 2.24) is 0 Å². The van der Waals surface area contributed by atoms with Crippen LogP contribution in [0.25, 0.3) is 0 Å². The van der Waals surface area contributed by atoms with E-state index in [1.54, 1.807) is 0 Å². The minimum Gasteiger partial charge on any atom is -0.381 e. The summed E-state index contributed by atoms with van der Waals surface area (Å²) in [4.78, 5) is 0. The Morgan fingerprint density at radius 1 is 1.25 bits per heavy atom. The van der Waals surface area contributed by atoms with Crippen LogP contribution in [-0.4, -0.2) is 6.04 Å². The first-order valence-electron chi connectivity index (χ1n) is 5.76. The van der Waals surface area contributed by atoms with Crippen LogP contribution in [-0.2, 0) is 0 Å². The molecular weight excluding hydrogens is 241 g/mol. The van der Waals surface area contributed by atoms with Crippen molar-refractivity contribution in [3.8, 4) is 0 Å². The predicted octanol–water partition coefficient (Wildman–Crippen LogP) is 5.29. The van der Waals surface area contributed by atoms with E-state index in [0.29, 0.717) is 6.04 Å². The fraction of sp³-hybridized carbons (Fsp3) is 0.538. The molecule has 1 unspecified atom stereocenters. The van der Waals surface area contributed by atoms with Crippen LogP contribution in [0.2, 0.25) is 10.0 Å². The molecule has 90 valence electrons. The molecule has 0 heterocycles. The molecule has 3 heteroatoms. The van der Waals surface area contributed by atoms with Crippen LogP contribution in [0.3, 0.4) is 0 Å². The first-order chi connectivity index (χ1) is 7.54. The molecule has 0 aromatic heterocycles. The van der Waals surface area contributed by atoms with Gasteiger partial charge in [-0.1, -0.05) is 43.0 Å². The average molecular weight is 260 g/mol. The average Bonchev–Trinajstić information content (AvgIpc) is 2.23. The molecule has 0 saturated heterocycles. The van der Waals surface area contributed by atoms with Crippen molar-refractivity contribution >= 4 is 28.9 Å². The maximum Gasteiger partial charge on any atom is 0.0641 e. The van der Waals surface area contributed by atoms with Crippen molar-refractivity contribution in [2.45, 2.75) is 46.1 Å². The zero-order valence-electron chi connectivity index (χ0n) is 10.1.